The van der Waals surface area contributed by atoms with Crippen molar-refractivity contribution in [3.8, 4) is 0 Å². The number of ether oxygens (including phenoxy) is 3. The predicted octanol–water partition coefficient (Wildman–Crippen LogP) is 5.46. The van der Waals surface area contributed by atoms with Crippen LogP contribution in [0.1, 0.15) is 78.0 Å². The fourth-order valence-corrected chi connectivity index (χ4v) is 3.21. The molecule has 0 amide bonds. The minimum atomic E-state index is -0.471. The van der Waals surface area contributed by atoms with E-state index in [0.29, 0.717) is 36.5 Å². The summed E-state index contributed by atoms with van der Waals surface area (Å²) in [5.74, 6) is -2.03. The van der Waals surface area contributed by atoms with E-state index in [9.17, 15) is 28.8 Å². The summed E-state index contributed by atoms with van der Waals surface area (Å²) in [6.07, 6.45) is -0.548. The van der Waals surface area contributed by atoms with Crippen LogP contribution in [0.3, 0.4) is 0 Å². The summed E-state index contributed by atoms with van der Waals surface area (Å²) >= 11 is 0. The Morgan fingerprint density at radius 2 is 0.652 bits per heavy atom. The van der Waals surface area contributed by atoms with E-state index in [1.807, 2.05) is 18.2 Å². The van der Waals surface area contributed by atoms with Crippen LogP contribution < -0.4 is 0 Å². The molecular weight excluding hydrogens is 628 g/mol. The van der Waals surface area contributed by atoms with Gasteiger partial charge in [-0.25, -0.2) is 0 Å². The van der Waals surface area contributed by atoms with Gasteiger partial charge in [-0.2, -0.15) is 0 Å². The third-order valence-corrected chi connectivity index (χ3v) is 5.12. The molecule has 1 N–H and O–H groups in total. The van der Waals surface area contributed by atoms with E-state index in [0.717, 1.165) is 0 Å². The number of rotatable bonds is 12. The molecule has 0 aliphatic heterocycles. The van der Waals surface area contributed by atoms with E-state index in [1.54, 1.807) is 100 Å². The van der Waals surface area contributed by atoms with Gasteiger partial charge in [0, 0.05) is 45.0 Å². The number of ketones is 3. The number of esters is 3. The third-order valence-electron chi connectivity index (χ3n) is 5.12. The Bertz CT molecular complexity index is 1140. The van der Waals surface area contributed by atoms with Crippen LogP contribution >= 0.6 is 0 Å². The van der Waals surface area contributed by atoms with Gasteiger partial charge >= 0.3 is 17.9 Å². The summed E-state index contributed by atoms with van der Waals surface area (Å²) in [5.41, 5.74) is 1.63. The van der Waals surface area contributed by atoms with Crippen molar-refractivity contribution in [2.24, 2.45) is 0 Å². The minimum Gasteiger partial charge on any atom is -0.466 e. The normalized spacial score (nSPS) is 9.07. The summed E-state index contributed by atoms with van der Waals surface area (Å²) in [4.78, 5) is 67.2. The van der Waals surface area contributed by atoms with Gasteiger partial charge < -0.3 is 19.3 Å². The zero-order chi connectivity index (χ0) is 33.9. The molecular formula is C35H42O10Ti. The van der Waals surface area contributed by atoms with Gasteiger partial charge in [-0.3, -0.25) is 28.8 Å². The molecule has 3 rings (SSSR count). The first-order valence-corrected chi connectivity index (χ1v) is 14.5. The second-order valence-corrected chi connectivity index (χ2v) is 8.63. The van der Waals surface area contributed by atoms with Crippen molar-refractivity contribution in [1.29, 1.82) is 0 Å². The van der Waals surface area contributed by atoms with Crippen LogP contribution in [0.2, 0.25) is 0 Å². The van der Waals surface area contributed by atoms with E-state index >= 15 is 0 Å². The molecule has 0 aromatic heterocycles. The molecule has 0 heterocycles. The Balaban J connectivity index is 0. The summed E-state index contributed by atoms with van der Waals surface area (Å²) in [6, 6.07) is 26.1. The second kappa shape index (κ2) is 28.2. The molecule has 0 spiro atoms. The van der Waals surface area contributed by atoms with Gasteiger partial charge in [0.2, 0.25) is 0 Å². The van der Waals surface area contributed by atoms with Crippen molar-refractivity contribution in [2.45, 2.75) is 47.0 Å². The second-order valence-electron chi connectivity index (χ2n) is 8.63. The fraction of sp³-hybridized carbons (Fsp3) is 0.314. The third kappa shape index (κ3) is 21.5. The average molecular weight is 671 g/mol. The summed E-state index contributed by atoms with van der Waals surface area (Å²) in [5, 5.41) is 7.57. The van der Waals surface area contributed by atoms with Gasteiger partial charge in [0.25, 0.3) is 0 Å². The molecule has 46 heavy (non-hydrogen) atoms. The molecule has 0 saturated carbocycles. The van der Waals surface area contributed by atoms with Gasteiger partial charge in [-0.05, 0) is 27.7 Å². The number of carbonyl (C=O) groups excluding carboxylic acids is 6. The van der Waals surface area contributed by atoms with E-state index in [1.165, 1.54) is 0 Å². The van der Waals surface area contributed by atoms with Crippen molar-refractivity contribution >= 4 is 35.3 Å². The van der Waals surface area contributed by atoms with Gasteiger partial charge in [-0.15, -0.1) is 0 Å². The first-order valence-electron chi connectivity index (χ1n) is 14.5. The molecule has 11 heteroatoms. The monoisotopic (exact) mass is 670 g/mol. The molecule has 0 bridgehead atoms. The van der Waals surface area contributed by atoms with Crippen LogP contribution in [0, 0.1) is 0 Å². The Labute approximate surface area is 285 Å². The molecule has 0 aliphatic carbocycles. The van der Waals surface area contributed by atoms with Gasteiger partial charge in [0.05, 0.1) is 19.8 Å². The molecule has 0 unspecified atom stereocenters. The molecule has 3 aromatic rings. The molecule has 3 aromatic carbocycles. The Morgan fingerprint density at radius 3 is 0.826 bits per heavy atom. The van der Waals surface area contributed by atoms with E-state index < -0.39 is 17.9 Å². The fourth-order valence-electron chi connectivity index (χ4n) is 3.21. The molecule has 0 radical (unpaired) electrons. The molecule has 246 valence electrons. The summed E-state index contributed by atoms with van der Waals surface area (Å²) in [6.45, 7) is 7.99. The number of benzene rings is 3. The SMILES string of the molecule is CCO.CCOC(=O)CC(=O)c1ccccc1.CCOC(=O)CC(=O)c1ccccc1.CCOC(=O)CC(=O)c1ccccc1.[Ti]. The van der Waals surface area contributed by atoms with Crippen molar-refractivity contribution < 1.29 is 69.8 Å². The van der Waals surface area contributed by atoms with Gasteiger partial charge in [0.15, 0.2) is 17.3 Å². The smallest absolute Gasteiger partial charge is 0.313 e. The molecule has 0 saturated heterocycles. The van der Waals surface area contributed by atoms with E-state index in [4.69, 9.17) is 5.11 Å². The van der Waals surface area contributed by atoms with Crippen LogP contribution in [-0.2, 0) is 50.3 Å². The number of hydrogen-bond acceptors (Lipinski definition) is 10. The first-order chi connectivity index (χ1) is 21.6. The largest absolute Gasteiger partial charge is 0.466 e. The average Bonchev–Trinajstić information content (AvgIpc) is 3.03. The zero-order valence-corrected chi connectivity index (χ0v) is 28.3. The van der Waals surface area contributed by atoms with Crippen LogP contribution in [0.25, 0.3) is 0 Å². The summed E-state index contributed by atoms with van der Waals surface area (Å²) < 4.78 is 14.0. The number of carbonyl (C=O) groups is 6. The summed E-state index contributed by atoms with van der Waals surface area (Å²) in [7, 11) is 0. The van der Waals surface area contributed by atoms with Crippen LogP contribution in [-0.4, -0.2) is 66.8 Å². The van der Waals surface area contributed by atoms with Crippen molar-refractivity contribution in [3.05, 3.63) is 108 Å². The Kier molecular flexibility index (Phi) is 26.9. The number of aliphatic hydroxyl groups excluding tert-OH is 1. The van der Waals surface area contributed by atoms with Gasteiger partial charge in [-0.1, -0.05) is 91.0 Å². The van der Waals surface area contributed by atoms with Gasteiger partial charge in [0.1, 0.15) is 19.3 Å². The minimum absolute atomic E-state index is 0. The quantitative estimate of drug-likeness (QED) is 0.0865. The van der Waals surface area contributed by atoms with Crippen molar-refractivity contribution in [1.82, 2.24) is 0 Å². The predicted molar refractivity (Wildman–Crippen MR) is 169 cm³/mol. The maximum absolute atomic E-state index is 11.4. The van der Waals surface area contributed by atoms with Crippen LogP contribution in [0.5, 0.6) is 0 Å². The van der Waals surface area contributed by atoms with Crippen molar-refractivity contribution in [2.75, 3.05) is 26.4 Å². The number of aliphatic hydroxyl groups is 1. The number of hydrogen-bond donors (Lipinski definition) is 1. The van der Waals surface area contributed by atoms with E-state index in [-0.39, 0.29) is 64.9 Å². The maximum Gasteiger partial charge on any atom is 0.313 e. The van der Waals surface area contributed by atoms with E-state index in [2.05, 4.69) is 14.2 Å². The first kappa shape index (κ1) is 43.9. The topological polar surface area (TPSA) is 150 Å². The van der Waals surface area contributed by atoms with Crippen molar-refractivity contribution in [3.63, 3.8) is 0 Å². The molecule has 0 fully saturated rings. The Morgan fingerprint density at radius 1 is 0.457 bits per heavy atom. The standard InChI is InChI=1S/3C11H12O3.C2H6O.Ti/c3*1-2-14-11(13)8-10(12)9-6-4-3-5-7-9;1-2-3;/h3*3-7H,2,8H2,1H3;3H,2H2,1H3;. The zero-order valence-electron chi connectivity index (χ0n) is 26.7. The molecule has 10 nitrogen and oxygen atoms in total. The molecule has 0 aliphatic rings. The molecule has 0 atom stereocenters. The Hall–Kier alpha value is -4.25. The maximum atomic E-state index is 11.4. The van der Waals surface area contributed by atoms with Crippen LogP contribution in [0.15, 0.2) is 91.0 Å². The van der Waals surface area contributed by atoms with Crippen LogP contribution in [0.4, 0.5) is 0 Å². The number of Topliss-reactive ketones (excluding diaryl/α,β-unsaturated/α-hetero) is 3.